The maximum absolute atomic E-state index is 12.9. The lowest BCUT2D eigenvalue weighted by Crippen LogP contribution is -2.61. The number of ether oxygens (including phenoxy) is 1. The Hall–Kier alpha value is -1.55. The Kier molecular flexibility index (Phi) is 6.00. The van der Waals surface area contributed by atoms with Gasteiger partial charge in [0.05, 0.1) is 13.2 Å². The highest BCUT2D eigenvalue weighted by Gasteiger charge is 2.36. The number of rotatable bonds is 4. The molecule has 3 rings (SSSR count). The monoisotopic (exact) mass is 367 g/mol. The minimum atomic E-state index is -0.474. The molecule has 8 nitrogen and oxygen atoms in total. The highest BCUT2D eigenvalue weighted by atomic mass is 32.1. The molecule has 0 unspecified atom stereocenters. The van der Waals surface area contributed by atoms with Crippen LogP contribution in [0.2, 0.25) is 0 Å². The fourth-order valence-electron chi connectivity index (χ4n) is 3.06. The average Bonchev–Trinajstić information content (AvgIpc) is 3.09. The first-order valence-corrected chi connectivity index (χ1v) is 9.41. The van der Waals surface area contributed by atoms with Crippen LogP contribution in [0.15, 0.2) is 5.38 Å². The van der Waals surface area contributed by atoms with Gasteiger partial charge in [0.1, 0.15) is 16.7 Å². The molecule has 0 bridgehead atoms. The van der Waals surface area contributed by atoms with Crippen LogP contribution >= 0.6 is 11.3 Å². The number of thiazole rings is 1. The number of nitrogens with one attached hydrogen (secondary N) is 1. The molecule has 2 saturated heterocycles. The van der Waals surface area contributed by atoms with Gasteiger partial charge < -0.3 is 24.8 Å². The topological polar surface area (TPSA) is 78.0 Å². The number of hydrogen-bond donors (Lipinski definition) is 1. The van der Waals surface area contributed by atoms with E-state index in [1.807, 2.05) is 19.0 Å². The van der Waals surface area contributed by atoms with Crippen LogP contribution in [0, 0.1) is 0 Å². The van der Waals surface area contributed by atoms with Crippen molar-refractivity contribution in [2.24, 2.45) is 0 Å². The Labute approximate surface area is 151 Å². The third-order valence-corrected chi connectivity index (χ3v) is 5.17. The van der Waals surface area contributed by atoms with Crippen LogP contribution in [0.25, 0.3) is 0 Å². The maximum Gasteiger partial charge on any atom is 0.274 e. The van der Waals surface area contributed by atoms with Crippen molar-refractivity contribution < 1.29 is 14.3 Å². The third kappa shape index (κ3) is 4.35. The largest absolute Gasteiger partial charge is 0.378 e. The van der Waals surface area contributed by atoms with Gasteiger partial charge >= 0.3 is 0 Å². The fraction of sp³-hybridized carbons (Fsp3) is 0.688. The van der Waals surface area contributed by atoms with Gasteiger partial charge in [-0.25, -0.2) is 4.98 Å². The van der Waals surface area contributed by atoms with Crippen LogP contribution < -0.4 is 5.32 Å². The zero-order valence-electron chi connectivity index (χ0n) is 14.7. The minimum absolute atomic E-state index is 0.00686. The summed E-state index contributed by atoms with van der Waals surface area (Å²) >= 11 is 1.48. The van der Waals surface area contributed by atoms with Crippen molar-refractivity contribution in [1.82, 2.24) is 25.0 Å². The number of hydrogen-bond acceptors (Lipinski definition) is 7. The molecular weight excluding hydrogens is 342 g/mol. The average molecular weight is 367 g/mol. The summed E-state index contributed by atoms with van der Waals surface area (Å²) in [5.41, 5.74) is 0.434. The minimum Gasteiger partial charge on any atom is -0.378 e. The van der Waals surface area contributed by atoms with E-state index in [-0.39, 0.29) is 11.8 Å². The fourth-order valence-corrected chi connectivity index (χ4v) is 3.95. The molecule has 2 aliphatic heterocycles. The van der Waals surface area contributed by atoms with E-state index in [1.54, 1.807) is 15.2 Å². The summed E-state index contributed by atoms with van der Waals surface area (Å²) in [6.45, 7) is 4.67. The summed E-state index contributed by atoms with van der Waals surface area (Å²) < 4.78 is 5.31. The molecule has 1 N–H and O–H groups in total. The van der Waals surface area contributed by atoms with Crippen molar-refractivity contribution in [3.05, 3.63) is 16.1 Å². The van der Waals surface area contributed by atoms with E-state index in [4.69, 9.17) is 4.74 Å². The maximum atomic E-state index is 12.9. The van der Waals surface area contributed by atoms with Crippen molar-refractivity contribution in [2.75, 3.05) is 60.0 Å². The number of morpholine rings is 1. The number of carbonyl (C=O) groups excluding carboxylic acids is 2. The highest BCUT2D eigenvalue weighted by Crippen LogP contribution is 2.17. The van der Waals surface area contributed by atoms with E-state index in [9.17, 15) is 9.59 Å². The number of aromatic nitrogens is 1. The highest BCUT2D eigenvalue weighted by molar-refractivity contribution is 7.09. The number of amides is 2. The molecule has 0 radical (unpaired) electrons. The van der Waals surface area contributed by atoms with E-state index in [1.165, 1.54) is 11.3 Å². The number of nitrogens with zero attached hydrogens (tertiary/aromatic N) is 4. The van der Waals surface area contributed by atoms with Gasteiger partial charge in [0.2, 0.25) is 5.91 Å². The van der Waals surface area contributed by atoms with Crippen molar-refractivity contribution in [1.29, 1.82) is 0 Å². The molecule has 3 heterocycles. The van der Waals surface area contributed by atoms with E-state index in [0.29, 0.717) is 58.2 Å². The second kappa shape index (κ2) is 8.22. The van der Waals surface area contributed by atoms with Gasteiger partial charge in [0, 0.05) is 44.6 Å². The second-order valence-electron chi connectivity index (χ2n) is 6.52. The Morgan fingerprint density at radius 3 is 2.84 bits per heavy atom. The first kappa shape index (κ1) is 18.2. The molecule has 25 heavy (non-hydrogen) atoms. The van der Waals surface area contributed by atoms with Crippen molar-refractivity contribution in [2.45, 2.75) is 12.6 Å². The van der Waals surface area contributed by atoms with Crippen LogP contribution in [0.3, 0.4) is 0 Å². The summed E-state index contributed by atoms with van der Waals surface area (Å²) in [6.07, 6.45) is 0. The molecule has 0 saturated carbocycles. The van der Waals surface area contributed by atoms with Crippen LogP contribution in [0.1, 0.15) is 15.5 Å². The molecular formula is C16H25N5O3S. The molecule has 0 aromatic carbocycles. The van der Waals surface area contributed by atoms with Gasteiger partial charge in [-0.2, -0.15) is 0 Å². The lowest BCUT2D eigenvalue weighted by atomic mass is 10.1. The van der Waals surface area contributed by atoms with E-state index in [2.05, 4.69) is 10.3 Å². The van der Waals surface area contributed by atoms with Gasteiger partial charge in [0.25, 0.3) is 5.91 Å². The molecule has 1 aromatic rings. The van der Waals surface area contributed by atoms with Gasteiger partial charge in [-0.3, -0.25) is 9.59 Å². The standard InChI is InChI=1S/C16H25N5O3S/c1-19(2)10-14-18-12(11-25-14)15(22)21-4-3-17-9-13(21)16(23)20-5-7-24-8-6-20/h11,13,17H,3-10H2,1-2H3/t13-/m1/s1. The van der Waals surface area contributed by atoms with E-state index in [0.717, 1.165) is 5.01 Å². The normalized spacial score (nSPS) is 21.6. The van der Waals surface area contributed by atoms with Gasteiger partial charge in [0.15, 0.2) is 0 Å². The Bertz CT molecular complexity index is 615. The van der Waals surface area contributed by atoms with Crippen LogP contribution in [0.4, 0.5) is 0 Å². The Balaban J connectivity index is 1.72. The molecule has 2 amide bonds. The first-order chi connectivity index (χ1) is 12.1. The molecule has 1 aromatic heterocycles. The second-order valence-corrected chi connectivity index (χ2v) is 7.46. The summed E-state index contributed by atoms with van der Waals surface area (Å²) in [4.78, 5) is 35.7. The Morgan fingerprint density at radius 1 is 1.36 bits per heavy atom. The smallest absolute Gasteiger partial charge is 0.274 e. The molecule has 2 fully saturated rings. The first-order valence-electron chi connectivity index (χ1n) is 8.53. The van der Waals surface area contributed by atoms with Gasteiger partial charge in [-0.1, -0.05) is 0 Å². The molecule has 138 valence electrons. The molecule has 1 atom stereocenters. The van der Waals surface area contributed by atoms with Gasteiger partial charge in [-0.05, 0) is 14.1 Å². The zero-order valence-corrected chi connectivity index (χ0v) is 15.5. The van der Waals surface area contributed by atoms with Crippen LogP contribution in [-0.2, 0) is 16.1 Å². The summed E-state index contributed by atoms with van der Waals surface area (Å²) in [6, 6.07) is -0.474. The summed E-state index contributed by atoms with van der Waals surface area (Å²) in [5.74, 6) is -0.165. The van der Waals surface area contributed by atoms with Crippen LogP contribution in [-0.4, -0.2) is 97.6 Å². The molecule has 0 spiro atoms. The third-order valence-electron chi connectivity index (χ3n) is 4.33. The lowest BCUT2D eigenvalue weighted by molar-refractivity contribution is -0.140. The zero-order chi connectivity index (χ0) is 17.8. The summed E-state index contributed by atoms with van der Waals surface area (Å²) in [5, 5.41) is 5.92. The predicted molar refractivity (Wildman–Crippen MR) is 94.6 cm³/mol. The quantitative estimate of drug-likeness (QED) is 0.772. The number of piperazine rings is 1. The van der Waals surface area contributed by atoms with E-state index < -0.39 is 6.04 Å². The van der Waals surface area contributed by atoms with E-state index >= 15 is 0 Å². The molecule has 9 heteroatoms. The Morgan fingerprint density at radius 2 is 2.12 bits per heavy atom. The number of carbonyl (C=O) groups is 2. The summed E-state index contributed by atoms with van der Waals surface area (Å²) in [7, 11) is 3.94. The van der Waals surface area contributed by atoms with Crippen molar-refractivity contribution >= 4 is 23.2 Å². The SMILES string of the molecule is CN(C)Cc1nc(C(=O)N2CCNC[C@@H]2C(=O)N2CCOCC2)cs1. The molecule has 2 aliphatic rings. The lowest BCUT2D eigenvalue weighted by Gasteiger charge is -2.38. The van der Waals surface area contributed by atoms with Crippen LogP contribution in [0.5, 0.6) is 0 Å². The molecule has 0 aliphatic carbocycles. The van der Waals surface area contributed by atoms with Crippen molar-refractivity contribution in [3.8, 4) is 0 Å². The van der Waals surface area contributed by atoms with Gasteiger partial charge in [-0.15, -0.1) is 11.3 Å². The predicted octanol–water partition coefficient (Wildman–Crippen LogP) is -0.522. The van der Waals surface area contributed by atoms with Crippen molar-refractivity contribution in [3.63, 3.8) is 0 Å².